The molecule has 0 atom stereocenters. The SMILES string of the molecule is Cc1nn(-c2ccccc2)c(OC(=O)COc2ccc3ccccc3c2)c1Sc1ccccc1. The largest absolute Gasteiger partial charge is 0.482 e. The molecule has 0 fully saturated rings. The van der Waals surface area contributed by atoms with E-state index in [2.05, 4.69) is 5.10 Å². The van der Waals surface area contributed by atoms with Crippen LogP contribution in [0.25, 0.3) is 16.5 Å². The molecule has 0 radical (unpaired) electrons. The summed E-state index contributed by atoms with van der Waals surface area (Å²) < 4.78 is 13.3. The lowest BCUT2D eigenvalue weighted by molar-refractivity contribution is -0.137. The number of fused-ring (bicyclic) bond motifs is 1. The number of aryl methyl sites for hydroxylation is 1. The van der Waals surface area contributed by atoms with E-state index in [1.807, 2.05) is 110 Å². The quantitative estimate of drug-likeness (QED) is 0.257. The Balaban J connectivity index is 1.39. The molecule has 0 N–H and O–H groups in total. The third-order valence-electron chi connectivity index (χ3n) is 5.22. The predicted octanol–water partition coefficient (Wildman–Crippen LogP) is 6.47. The molecular formula is C28H22N2O3S. The van der Waals surface area contributed by atoms with Gasteiger partial charge < -0.3 is 9.47 Å². The summed E-state index contributed by atoms with van der Waals surface area (Å²) in [5, 5.41) is 6.82. The van der Waals surface area contributed by atoms with Crippen molar-refractivity contribution in [2.45, 2.75) is 16.7 Å². The zero-order valence-electron chi connectivity index (χ0n) is 18.5. The Bertz CT molecular complexity index is 1430. The van der Waals surface area contributed by atoms with Gasteiger partial charge in [0.2, 0.25) is 5.88 Å². The number of hydrogen-bond acceptors (Lipinski definition) is 5. The summed E-state index contributed by atoms with van der Waals surface area (Å²) in [4.78, 5) is 14.7. The number of nitrogens with zero attached hydrogens (tertiary/aromatic N) is 2. The third kappa shape index (κ3) is 4.82. The van der Waals surface area contributed by atoms with Gasteiger partial charge in [0, 0.05) is 4.90 Å². The van der Waals surface area contributed by atoms with Crippen LogP contribution in [0.4, 0.5) is 0 Å². The molecule has 0 amide bonds. The topological polar surface area (TPSA) is 53.4 Å². The number of aromatic nitrogens is 2. The van der Waals surface area contributed by atoms with Crippen LogP contribution < -0.4 is 9.47 Å². The fourth-order valence-electron chi connectivity index (χ4n) is 3.59. The number of rotatable bonds is 7. The van der Waals surface area contributed by atoms with E-state index in [-0.39, 0.29) is 6.61 Å². The van der Waals surface area contributed by atoms with Crippen molar-refractivity contribution in [1.29, 1.82) is 0 Å². The molecule has 0 aliphatic rings. The number of esters is 1. The van der Waals surface area contributed by atoms with Gasteiger partial charge in [0.05, 0.1) is 16.3 Å². The summed E-state index contributed by atoms with van der Waals surface area (Å²) >= 11 is 1.51. The monoisotopic (exact) mass is 466 g/mol. The molecule has 168 valence electrons. The molecule has 0 unspecified atom stereocenters. The summed E-state index contributed by atoms with van der Waals surface area (Å²) in [5.74, 6) is 0.493. The van der Waals surface area contributed by atoms with Crippen molar-refractivity contribution < 1.29 is 14.3 Å². The molecule has 0 aliphatic heterocycles. The number of carbonyl (C=O) groups is 1. The van der Waals surface area contributed by atoms with Gasteiger partial charge >= 0.3 is 5.97 Å². The molecule has 0 spiro atoms. The summed E-state index contributed by atoms with van der Waals surface area (Å²) in [6, 6.07) is 33.3. The van der Waals surface area contributed by atoms with E-state index in [4.69, 9.17) is 9.47 Å². The molecule has 34 heavy (non-hydrogen) atoms. The van der Waals surface area contributed by atoms with E-state index < -0.39 is 5.97 Å². The highest BCUT2D eigenvalue weighted by molar-refractivity contribution is 7.99. The maximum Gasteiger partial charge on any atom is 0.350 e. The number of benzene rings is 4. The molecule has 1 heterocycles. The second-order valence-electron chi connectivity index (χ2n) is 7.65. The van der Waals surface area contributed by atoms with Crippen LogP contribution in [0.5, 0.6) is 11.6 Å². The molecule has 0 saturated carbocycles. The number of para-hydroxylation sites is 1. The maximum absolute atomic E-state index is 12.8. The Hall–Kier alpha value is -4.03. The Kier molecular flexibility index (Phi) is 6.31. The Morgan fingerprint density at radius 1 is 0.853 bits per heavy atom. The highest BCUT2D eigenvalue weighted by atomic mass is 32.2. The van der Waals surface area contributed by atoms with Gasteiger partial charge in [0.15, 0.2) is 6.61 Å². The zero-order chi connectivity index (χ0) is 23.3. The van der Waals surface area contributed by atoms with Gasteiger partial charge in [0.25, 0.3) is 0 Å². The maximum atomic E-state index is 12.8. The van der Waals surface area contributed by atoms with E-state index in [0.29, 0.717) is 11.6 Å². The highest BCUT2D eigenvalue weighted by Gasteiger charge is 2.22. The lowest BCUT2D eigenvalue weighted by Crippen LogP contribution is -2.19. The molecule has 5 nitrogen and oxygen atoms in total. The first kappa shape index (κ1) is 21.8. The van der Waals surface area contributed by atoms with Crippen LogP contribution >= 0.6 is 11.8 Å². The number of ether oxygens (including phenoxy) is 2. The van der Waals surface area contributed by atoms with E-state index in [9.17, 15) is 4.79 Å². The van der Waals surface area contributed by atoms with Crippen molar-refractivity contribution in [3.8, 4) is 17.3 Å². The predicted molar refractivity (Wildman–Crippen MR) is 134 cm³/mol. The van der Waals surface area contributed by atoms with Crippen molar-refractivity contribution in [2.24, 2.45) is 0 Å². The lowest BCUT2D eigenvalue weighted by atomic mass is 10.1. The van der Waals surface area contributed by atoms with Crippen molar-refractivity contribution >= 4 is 28.5 Å². The zero-order valence-corrected chi connectivity index (χ0v) is 19.4. The number of carbonyl (C=O) groups excluding carboxylic acids is 1. The van der Waals surface area contributed by atoms with Crippen LogP contribution in [0.2, 0.25) is 0 Å². The molecule has 5 rings (SSSR count). The second-order valence-corrected chi connectivity index (χ2v) is 8.74. The van der Waals surface area contributed by atoms with E-state index in [0.717, 1.165) is 31.9 Å². The van der Waals surface area contributed by atoms with Gasteiger partial charge in [-0.2, -0.15) is 9.78 Å². The normalized spacial score (nSPS) is 10.9. The molecule has 0 aliphatic carbocycles. The first-order chi connectivity index (χ1) is 16.7. The van der Waals surface area contributed by atoms with E-state index >= 15 is 0 Å². The van der Waals surface area contributed by atoms with Crippen LogP contribution in [-0.2, 0) is 4.79 Å². The Labute approximate surface area is 201 Å². The summed E-state index contributed by atoms with van der Waals surface area (Å²) in [7, 11) is 0. The molecule has 6 heteroatoms. The van der Waals surface area contributed by atoms with Crippen molar-refractivity contribution in [2.75, 3.05) is 6.61 Å². The van der Waals surface area contributed by atoms with Gasteiger partial charge in [-0.05, 0) is 54.1 Å². The van der Waals surface area contributed by atoms with Crippen LogP contribution in [-0.4, -0.2) is 22.4 Å². The van der Waals surface area contributed by atoms with Crippen LogP contribution in [0, 0.1) is 6.92 Å². The van der Waals surface area contributed by atoms with Gasteiger partial charge in [-0.15, -0.1) is 0 Å². The van der Waals surface area contributed by atoms with Gasteiger partial charge in [-0.25, -0.2) is 4.79 Å². The minimum absolute atomic E-state index is 0.215. The average molecular weight is 467 g/mol. The van der Waals surface area contributed by atoms with Gasteiger partial charge in [-0.3, -0.25) is 0 Å². The smallest absolute Gasteiger partial charge is 0.350 e. The molecule has 0 bridgehead atoms. The molecular weight excluding hydrogens is 444 g/mol. The average Bonchev–Trinajstić information content (AvgIpc) is 3.18. The van der Waals surface area contributed by atoms with Crippen molar-refractivity contribution in [3.05, 3.63) is 109 Å². The third-order valence-corrected chi connectivity index (χ3v) is 6.40. The van der Waals surface area contributed by atoms with Crippen molar-refractivity contribution in [1.82, 2.24) is 9.78 Å². The fraction of sp³-hybridized carbons (Fsp3) is 0.0714. The fourth-order valence-corrected chi connectivity index (χ4v) is 4.52. The van der Waals surface area contributed by atoms with Gasteiger partial charge in [0.1, 0.15) is 5.75 Å². The van der Waals surface area contributed by atoms with E-state index in [1.54, 1.807) is 4.68 Å². The minimum atomic E-state index is -0.500. The molecule has 4 aromatic carbocycles. The van der Waals surface area contributed by atoms with Gasteiger partial charge in [-0.1, -0.05) is 78.5 Å². The minimum Gasteiger partial charge on any atom is -0.482 e. The van der Waals surface area contributed by atoms with Crippen LogP contribution in [0.3, 0.4) is 0 Å². The molecule has 0 saturated heterocycles. The van der Waals surface area contributed by atoms with Crippen molar-refractivity contribution in [3.63, 3.8) is 0 Å². The summed E-state index contributed by atoms with van der Waals surface area (Å²) in [6.07, 6.45) is 0. The highest BCUT2D eigenvalue weighted by Crippen LogP contribution is 2.39. The Morgan fingerprint density at radius 3 is 2.29 bits per heavy atom. The first-order valence-electron chi connectivity index (χ1n) is 10.9. The lowest BCUT2D eigenvalue weighted by Gasteiger charge is -2.11. The van der Waals surface area contributed by atoms with Crippen LogP contribution in [0.1, 0.15) is 5.69 Å². The summed E-state index contributed by atoms with van der Waals surface area (Å²) in [6.45, 7) is 1.69. The molecule has 1 aromatic heterocycles. The Morgan fingerprint density at radius 2 is 1.53 bits per heavy atom. The van der Waals surface area contributed by atoms with Crippen LogP contribution in [0.15, 0.2) is 113 Å². The second kappa shape index (κ2) is 9.85. The first-order valence-corrected chi connectivity index (χ1v) is 11.7. The summed E-state index contributed by atoms with van der Waals surface area (Å²) in [5.41, 5.74) is 1.58. The standard InChI is InChI=1S/C28H22N2O3S/c1-20-27(34-25-14-6-3-7-15-25)28(30(29-20)23-12-4-2-5-13-23)33-26(31)19-32-24-17-16-21-10-8-9-11-22(21)18-24/h2-18H,19H2,1H3. The molecule has 5 aromatic rings. The number of hydrogen-bond donors (Lipinski definition) is 0. The van der Waals surface area contributed by atoms with E-state index in [1.165, 1.54) is 11.8 Å².